The summed E-state index contributed by atoms with van der Waals surface area (Å²) in [5.74, 6) is 0. The van der Waals surface area contributed by atoms with Crippen molar-refractivity contribution in [2.24, 2.45) is 0 Å². The number of nitrogens with one attached hydrogen (secondary N) is 1. The van der Waals surface area contributed by atoms with Crippen molar-refractivity contribution in [2.75, 3.05) is 20.1 Å². The molecule has 4 heteroatoms. The first-order valence-corrected chi connectivity index (χ1v) is 9.48. The summed E-state index contributed by atoms with van der Waals surface area (Å²) in [4.78, 5) is 4.22. The van der Waals surface area contributed by atoms with Gasteiger partial charge in [-0.2, -0.15) is 0 Å². The van der Waals surface area contributed by atoms with E-state index in [-0.39, 0.29) is 0 Å². The molecule has 20 heavy (non-hydrogen) atoms. The predicted octanol–water partition coefficient (Wildman–Crippen LogP) is 4.30. The maximum absolute atomic E-state index is 3.63. The van der Waals surface area contributed by atoms with Crippen LogP contribution in [0.4, 0.5) is 0 Å². The molecule has 0 radical (unpaired) electrons. The van der Waals surface area contributed by atoms with Crippen LogP contribution in [0.1, 0.15) is 44.4 Å². The Labute approximate surface area is 136 Å². The van der Waals surface area contributed by atoms with E-state index >= 15 is 0 Å². The molecule has 1 aliphatic rings. The molecule has 1 N–H and O–H groups in total. The third-order valence-corrected chi connectivity index (χ3v) is 6.70. The maximum Gasteiger partial charge on any atom is 0.0360 e. The Morgan fingerprint density at radius 1 is 1.35 bits per heavy atom. The highest BCUT2D eigenvalue weighted by Crippen LogP contribution is 2.34. The molecule has 2 heterocycles. The fraction of sp³-hybridized carbons (Fsp3) is 0.750. The van der Waals surface area contributed by atoms with E-state index in [0.717, 1.165) is 6.42 Å². The van der Waals surface area contributed by atoms with E-state index in [1.165, 1.54) is 48.1 Å². The Hall–Kier alpha value is 0.1000. The summed E-state index contributed by atoms with van der Waals surface area (Å²) in [5.41, 5.74) is 0.307. The SMILES string of the molecule is CCC(CC)(C(Cc1cc(Br)cs1)NC)N1CCCC1. The van der Waals surface area contributed by atoms with Crippen LogP contribution in [0.5, 0.6) is 0 Å². The summed E-state index contributed by atoms with van der Waals surface area (Å²) in [5, 5.41) is 5.82. The molecule has 0 bridgehead atoms. The molecule has 1 saturated heterocycles. The van der Waals surface area contributed by atoms with Crippen molar-refractivity contribution in [3.8, 4) is 0 Å². The van der Waals surface area contributed by atoms with Crippen LogP contribution in [0.15, 0.2) is 15.9 Å². The fourth-order valence-electron chi connectivity index (χ4n) is 3.80. The van der Waals surface area contributed by atoms with Crippen molar-refractivity contribution in [3.63, 3.8) is 0 Å². The first-order chi connectivity index (χ1) is 9.66. The van der Waals surface area contributed by atoms with Crippen molar-refractivity contribution in [1.29, 1.82) is 0 Å². The molecular formula is C16H27BrN2S. The minimum absolute atomic E-state index is 0.307. The van der Waals surface area contributed by atoms with Crippen molar-refractivity contribution in [2.45, 2.75) is 57.5 Å². The first-order valence-electron chi connectivity index (χ1n) is 7.81. The standard InChI is InChI=1S/C16H27BrN2S/c1-4-16(5-2,19-8-6-7-9-19)15(18-3)11-14-10-13(17)12-20-14/h10,12,15,18H,4-9,11H2,1-3H3. The van der Waals surface area contributed by atoms with Crippen LogP contribution >= 0.6 is 27.3 Å². The van der Waals surface area contributed by atoms with E-state index in [1.54, 1.807) is 0 Å². The molecular weight excluding hydrogens is 332 g/mol. The molecule has 1 fully saturated rings. The van der Waals surface area contributed by atoms with Crippen LogP contribution in [-0.4, -0.2) is 36.6 Å². The van der Waals surface area contributed by atoms with Crippen LogP contribution in [0, 0.1) is 0 Å². The number of likely N-dealkylation sites (tertiary alicyclic amines) is 1. The minimum Gasteiger partial charge on any atom is -0.315 e. The molecule has 0 amide bonds. The first kappa shape index (κ1) is 16.5. The topological polar surface area (TPSA) is 15.3 Å². The predicted molar refractivity (Wildman–Crippen MR) is 92.7 cm³/mol. The zero-order valence-electron chi connectivity index (χ0n) is 12.9. The van der Waals surface area contributed by atoms with Gasteiger partial charge in [0.05, 0.1) is 0 Å². The fourth-order valence-corrected chi connectivity index (χ4v) is 5.29. The second kappa shape index (κ2) is 7.39. The number of nitrogens with zero attached hydrogens (tertiary/aromatic N) is 1. The zero-order valence-corrected chi connectivity index (χ0v) is 15.3. The summed E-state index contributed by atoms with van der Waals surface area (Å²) in [6.45, 7) is 7.26. The Morgan fingerprint density at radius 3 is 2.45 bits per heavy atom. The van der Waals surface area contributed by atoms with Gasteiger partial charge in [0.2, 0.25) is 0 Å². The highest BCUT2D eigenvalue weighted by atomic mass is 79.9. The van der Waals surface area contributed by atoms with E-state index in [1.807, 2.05) is 11.3 Å². The number of rotatable bonds is 7. The average Bonchev–Trinajstić information content (AvgIpc) is 3.11. The van der Waals surface area contributed by atoms with Gasteiger partial charge in [0, 0.05) is 26.3 Å². The summed E-state index contributed by atoms with van der Waals surface area (Å²) >= 11 is 5.44. The van der Waals surface area contributed by atoms with Crippen molar-refractivity contribution in [3.05, 3.63) is 20.8 Å². The quantitative estimate of drug-likeness (QED) is 0.781. The Morgan fingerprint density at radius 2 is 2.00 bits per heavy atom. The van der Waals surface area contributed by atoms with Gasteiger partial charge in [-0.25, -0.2) is 0 Å². The molecule has 0 saturated carbocycles. The molecule has 2 rings (SSSR count). The molecule has 2 nitrogen and oxygen atoms in total. The van der Waals surface area contributed by atoms with Gasteiger partial charge in [-0.05, 0) is 74.2 Å². The van der Waals surface area contributed by atoms with Gasteiger partial charge in [0.15, 0.2) is 0 Å². The molecule has 1 atom stereocenters. The summed E-state index contributed by atoms with van der Waals surface area (Å²) in [6.07, 6.45) is 6.31. The lowest BCUT2D eigenvalue weighted by Gasteiger charge is -2.47. The molecule has 0 spiro atoms. The molecule has 1 aromatic rings. The largest absolute Gasteiger partial charge is 0.315 e. The molecule has 1 aliphatic heterocycles. The van der Waals surface area contributed by atoms with E-state index in [0.29, 0.717) is 11.6 Å². The normalized spacial score (nSPS) is 18.6. The highest BCUT2D eigenvalue weighted by molar-refractivity contribution is 9.10. The smallest absolute Gasteiger partial charge is 0.0360 e. The molecule has 1 unspecified atom stereocenters. The lowest BCUT2D eigenvalue weighted by Crippen LogP contribution is -2.60. The lowest BCUT2D eigenvalue weighted by atomic mass is 9.81. The molecule has 0 aliphatic carbocycles. The minimum atomic E-state index is 0.307. The van der Waals surface area contributed by atoms with E-state index in [4.69, 9.17) is 0 Å². The number of hydrogen-bond donors (Lipinski definition) is 1. The Balaban J connectivity index is 2.19. The zero-order chi connectivity index (χ0) is 14.6. The number of halogens is 1. The van der Waals surface area contributed by atoms with Crippen LogP contribution in [0.3, 0.4) is 0 Å². The van der Waals surface area contributed by atoms with Crippen LogP contribution in [-0.2, 0) is 6.42 Å². The van der Waals surface area contributed by atoms with Gasteiger partial charge in [-0.1, -0.05) is 13.8 Å². The van der Waals surface area contributed by atoms with E-state index in [9.17, 15) is 0 Å². The van der Waals surface area contributed by atoms with E-state index in [2.05, 4.69) is 58.5 Å². The summed E-state index contributed by atoms with van der Waals surface area (Å²) < 4.78 is 1.21. The van der Waals surface area contributed by atoms with Gasteiger partial charge < -0.3 is 5.32 Å². The van der Waals surface area contributed by atoms with Crippen molar-refractivity contribution in [1.82, 2.24) is 10.2 Å². The van der Waals surface area contributed by atoms with E-state index < -0.39 is 0 Å². The van der Waals surface area contributed by atoms with Gasteiger partial charge >= 0.3 is 0 Å². The van der Waals surface area contributed by atoms with Crippen molar-refractivity contribution < 1.29 is 0 Å². The lowest BCUT2D eigenvalue weighted by molar-refractivity contribution is 0.0653. The third-order valence-electron chi connectivity index (χ3n) is 4.98. The number of likely N-dealkylation sites (N-methyl/N-ethyl adjacent to an activating group) is 1. The second-order valence-electron chi connectivity index (χ2n) is 5.78. The number of thiophene rings is 1. The summed E-state index contributed by atoms with van der Waals surface area (Å²) in [7, 11) is 2.13. The third kappa shape index (κ3) is 3.29. The highest BCUT2D eigenvalue weighted by Gasteiger charge is 2.41. The van der Waals surface area contributed by atoms with Gasteiger partial charge in [-0.15, -0.1) is 11.3 Å². The molecule has 0 aromatic carbocycles. The number of hydrogen-bond acceptors (Lipinski definition) is 3. The van der Waals surface area contributed by atoms with Gasteiger partial charge in [0.25, 0.3) is 0 Å². The van der Waals surface area contributed by atoms with Crippen LogP contribution < -0.4 is 5.32 Å². The maximum atomic E-state index is 3.63. The molecule has 114 valence electrons. The molecule has 1 aromatic heterocycles. The Kier molecular flexibility index (Phi) is 6.09. The average molecular weight is 359 g/mol. The Bertz CT molecular complexity index is 408. The van der Waals surface area contributed by atoms with Crippen molar-refractivity contribution >= 4 is 27.3 Å². The monoisotopic (exact) mass is 358 g/mol. The van der Waals surface area contributed by atoms with Gasteiger partial charge in [-0.3, -0.25) is 4.90 Å². The van der Waals surface area contributed by atoms with Gasteiger partial charge in [0.1, 0.15) is 0 Å². The van der Waals surface area contributed by atoms with Crippen LogP contribution in [0.25, 0.3) is 0 Å². The second-order valence-corrected chi connectivity index (χ2v) is 7.69. The summed E-state index contributed by atoms with van der Waals surface area (Å²) in [6, 6.07) is 2.80. The van der Waals surface area contributed by atoms with Crippen LogP contribution in [0.2, 0.25) is 0 Å².